The van der Waals surface area contributed by atoms with Crippen LogP contribution in [0.5, 0.6) is 0 Å². The van der Waals surface area contributed by atoms with Crippen molar-refractivity contribution in [1.82, 2.24) is 9.78 Å². The van der Waals surface area contributed by atoms with Crippen molar-refractivity contribution in [3.63, 3.8) is 0 Å². The highest BCUT2D eigenvalue weighted by Gasteiger charge is 2.15. The summed E-state index contributed by atoms with van der Waals surface area (Å²) in [4.78, 5) is 0. The van der Waals surface area contributed by atoms with Gasteiger partial charge in [-0.3, -0.25) is 0 Å². The van der Waals surface area contributed by atoms with Gasteiger partial charge >= 0.3 is 0 Å². The smallest absolute Gasteiger partial charge is 0.172 e. The van der Waals surface area contributed by atoms with E-state index in [-0.39, 0.29) is 5.84 Å². The highest BCUT2D eigenvalue weighted by atomic mass is 35.5. The van der Waals surface area contributed by atoms with Gasteiger partial charge in [0.05, 0.1) is 22.1 Å². The van der Waals surface area contributed by atoms with Crippen molar-refractivity contribution in [2.75, 3.05) is 0 Å². The summed E-state index contributed by atoms with van der Waals surface area (Å²) in [5.41, 5.74) is 9.64. The Morgan fingerprint density at radius 2 is 2.05 bits per heavy atom. The van der Waals surface area contributed by atoms with Crippen LogP contribution in [0.4, 0.5) is 0 Å². The Morgan fingerprint density at radius 1 is 1.37 bits per heavy atom. The van der Waals surface area contributed by atoms with Gasteiger partial charge < -0.3 is 10.9 Å². The number of hydrogen-bond donors (Lipinski definition) is 2. The van der Waals surface area contributed by atoms with Gasteiger partial charge in [-0.25, -0.2) is 4.68 Å². The molecule has 0 atom stereocenters. The summed E-state index contributed by atoms with van der Waals surface area (Å²) in [5.74, 6) is 0.0439. The van der Waals surface area contributed by atoms with E-state index in [2.05, 4.69) is 10.3 Å². The minimum Gasteiger partial charge on any atom is -0.409 e. The summed E-state index contributed by atoms with van der Waals surface area (Å²) in [5, 5.41) is 16.9. The average Bonchev–Trinajstić information content (AvgIpc) is 2.65. The number of benzene rings is 1. The molecule has 100 valence electrons. The van der Waals surface area contributed by atoms with Crippen LogP contribution in [0.15, 0.2) is 23.4 Å². The zero-order chi connectivity index (χ0) is 14.2. The number of rotatable bonds is 2. The maximum Gasteiger partial charge on any atom is 0.172 e. The number of nitrogens with two attached hydrogens (primary N) is 1. The van der Waals surface area contributed by atoms with Gasteiger partial charge in [0.15, 0.2) is 5.84 Å². The number of aromatic nitrogens is 2. The fourth-order valence-corrected chi connectivity index (χ4v) is 2.07. The van der Waals surface area contributed by atoms with Crippen molar-refractivity contribution in [2.24, 2.45) is 10.9 Å². The van der Waals surface area contributed by atoms with Crippen LogP contribution < -0.4 is 5.73 Å². The van der Waals surface area contributed by atoms with Crippen molar-refractivity contribution in [2.45, 2.75) is 20.8 Å². The molecule has 2 aromatic rings. The summed E-state index contributed by atoms with van der Waals surface area (Å²) in [6.45, 7) is 5.65. The number of halogens is 1. The normalized spacial score (nSPS) is 11.9. The third-order valence-electron chi connectivity index (χ3n) is 2.97. The van der Waals surface area contributed by atoms with E-state index < -0.39 is 0 Å². The monoisotopic (exact) mass is 278 g/mol. The van der Waals surface area contributed by atoms with Gasteiger partial charge in [-0.2, -0.15) is 5.10 Å². The Balaban J connectivity index is 2.72. The molecular weight excluding hydrogens is 264 g/mol. The summed E-state index contributed by atoms with van der Waals surface area (Å²) in [6, 6.07) is 5.65. The highest BCUT2D eigenvalue weighted by molar-refractivity contribution is 6.31. The van der Waals surface area contributed by atoms with Crippen molar-refractivity contribution in [3.8, 4) is 5.69 Å². The van der Waals surface area contributed by atoms with Crippen molar-refractivity contribution < 1.29 is 5.21 Å². The van der Waals surface area contributed by atoms with Crippen LogP contribution in [0.3, 0.4) is 0 Å². The lowest BCUT2D eigenvalue weighted by molar-refractivity contribution is 0.318. The lowest BCUT2D eigenvalue weighted by Gasteiger charge is -2.11. The molecule has 1 aromatic heterocycles. The van der Waals surface area contributed by atoms with Crippen molar-refractivity contribution in [1.29, 1.82) is 0 Å². The maximum absolute atomic E-state index is 8.89. The molecule has 0 aliphatic carbocycles. The highest BCUT2D eigenvalue weighted by Crippen LogP contribution is 2.24. The number of hydrogen-bond acceptors (Lipinski definition) is 3. The van der Waals surface area contributed by atoms with E-state index in [0.717, 1.165) is 22.6 Å². The molecule has 6 heteroatoms. The molecule has 0 saturated heterocycles. The van der Waals surface area contributed by atoms with Crippen LogP contribution in [0.2, 0.25) is 5.02 Å². The minimum atomic E-state index is 0.0439. The molecule has 1 aromatic carbocycles. The topological polar surface area (TPSA) is 76.4 Å². The zero-order valence-corrected chi connectivity index (χ0v) is 11.7. The number of aryl methyl sites for hydroxylation is 2. The molecule has 0 aliphatic rings. The fourth-order valence-electron chi connectivity index (χ4n) is 1.95. The second-order valence-electron chi connectivity index (χ2n) is 4.40. The van der Waals surface area contributed by atoms with E-state index in [1.807, 2.05) is 39.0 Å². The van der Waals surface area contributed by atoms with Gasteiger partial charge in [-0.05, 0) is 32.9 Å². The third kappa shape index (κ3) is 2.29. The quantitative estimate of drug-likeness (QED) is 0.384. The minimum absolute atomic E-state index is 0.0439. The summed E-state index contributed by atoms with van der Waals surface area (Å²) >= 11 is 6.15. The second kappa shape index (κ2) is 4.93. The molecular formula is C13H15ClN4O. The number of oxime groups is 1. The fraction of sp³-hybridized carbons (Fsp3) is 0.231. The molecule has 0 unspecified atom stereocenters. The zero-order valence-electron chi connectivity index (χ0n) is 11.0. The molecule has 0 bridgehead atoms. The first-order valence-corrected chi connectivity index (χ1v) is 6.14. The lowest BCUT2D eigenvalue weighted by atomic mass is 10.1. The molecule has 3 N–H and O–H groups in total. The molecule has 0 amide bonds. The van der Waals surface area contributed by atoms with E-state index in [1.54, 1.807) is 4.68 Å². The van der Waals surface area contributed by atoms with Gasteiger partial charge in [0.1, 0.15) is 0 Å². The molecule has 5 nitrogen and oxygen atoms in total. The Morgan fingerprint density at radius 3 is 2.58 bits per heavy atom. The summed E-state index contributed by atoms with van der Waals surface area (Å²) in [7, 11) is 0. The molecule has 0 saturated carbocycles. The van der Waals surface area contributed by atoms with Gasteiger partial charge in [-0.15, -0.1) is 0 Å². The lowest BCUT2D eigenvalue weighted by Crippen LogP contribution is -2.17. The number of amidine groups is 1. The Kier molecular flexibility index (Phi) is 3.48. The average molecular weight is 279 g/mol. The van der Waals surface area contributed by atoms with Crippen LogP contribution in [-0.4, -0.2) is 20.8 Å². The van der Waals surface area contributed by atoms with Crippen molar-refractivity contribution in [3.05, 3.63) is 45.7 Å². The van der Waals surface area contributed by atoms with Crippen molar-refractivity contribution >= 4 is 17.4 Å². The SMILES string of the molecule is Cc1ccc(-n2nc(C)c(Cl)c2C)c(/C(N)=N/O)c1. The summed E-state index contributed by atoms with van der Waals surface area (Å²) in [6.07, 6.45) is 0. The van der Waals surface area contributed by atoms with Crippen LogP contribution >= 0.6 is 11.6 Å². The molecule has 0 spiro atoms. The van der Waals surface area contributed by atoms with E-state index in [9.17, 15) is 0 Å². The van der Waals surface area contributed by atoms with Gasteiger partial charge in [0, 0.05) is 5.56 Å². The van der Waals surface area contributed by atoms with Gasteiger partial charge in [0.2, 0.25) is 0 Å². The molecule has 19 heavy (non-hydrogen) atoms. The largest absolute Gasteiger partial charge is 0.409 e. The van der Waals surface area contributed by atoms with Gasteiger partial charge in [0.25, 0.3) is 0 Å². The molecule has 0 radical (unpaired) electrons. The predicted molar refractivity (Wildman–Crippen MR) is 75.3 cm³/mol. The van der Waals surface area contributed by atoms with E-state index in [0.29, 0.717) is 10.6 Å². The second-order valence-corrected chi connectivity index (χ2v) is 4.78. The van der Waals surface area contributed by atoms with Crippen LogP contribution in [0.25, 0.3) is 5.69 Å². The Bertz CT molecular complexity index is 661. The molecule has 1 heterocycles. The van der Waals surface area contributed by atoms with Crippen LogP contribution in [0, 0.1) is 20.8 Å². The number of nitrogens with zero attached hydrogens (tertiary/aromatic N) is 3. The predicted octanol–water partition coefficient (Wildman–Crippen LogP) is 2.55. The maximum atomic E-state index is 8.89. The van der Waals surface area contributed by atoms with E-state index >= 15 is 0 Å². The van der Waals surface area contributed by atoms with E-state index in [4.69, 9.17) is 22.5 Å². The third-order valence-corrected chi connectivity index (χ3v) is 3.51. The first kappa shape index (κ1) is 13.4. The molecule has 0 aliphatic heterocycles. The summed E-state index contributed by atoms with van der Waals surface area (Å²) < 4.78 is 1.70. The molecule has 2 rings (SSSR count). The van der Waals surface area contributed by atoms with Crippen LogP contribution in [-0.2, 0) is 0 Å². The van der Waals surface area contributed by atoms with E-state index in [1.165, 1.54) is 0 Å². The Labute approximate surface area is 116 Å². The van der Waals surface area contributed by atoms with Gasteiger partial charge in [-0.1, -0.05) is 28.4 Å². The Hall–Kier alpha value is -2.01. The first-order chi connectivity index (χ1) is 8.95. The standard InChI is InChI=1S/C13H15ClN4O/c1-7-4-5-11(10(6-7)13(15)17-19)18-9(3)12(14)8(2)16-18/h4-6,19H,1-3H3,(H2,15,17). The van der Waals surface area contributed by atoms with Crippen LogP contribution in [0.1, 0.15) is 22.5 Å². The first-order valence-electron chi connectivity index (χ1n) is 5.76. The molecule has 0 fully saturated rings.